The number of aromatic nitrogens is 4. The summed E-state index contributed by atoms with van der Waals surface area (Å²) >= 11 is 0. The Balaban J connectivity index is 1.42. The van der Waals surface area contributed by atoms with E-state index in [0.29, 0.717) is 13.2 Å². The maximum atomic E-state index is 6.02. The number of morpholine rings is 1. The minimum atomic E-state index is -0.131. The van der Waals surface area contributed by atoms with E-state index in [4.69, 9.17) is 19.2 Å². The Morgan fingerprint density at radius 1 is 1.13 bits per heavy atom. The first-order valence-electron chi connectivity index (χ1n) is 10.3. The van der Waals surface area contributed by atoms with Gasteiger partial charge in [0.1, 0.15) is 17.7 Å². The molecule has 1 aliphatic rings. The lowest BCUT2D eigenvalue weighted by Crippen LogP contribution is -2.38. The number of hydrogen-bond acceptors (Lipinski definition) is 8. The van der Waals surface area contributed by atoms with Gasteiger partial charge in [0.05, 0.1) is 44.1 Å². The van der Waals surface area contributed by atoms with E-state index in [9.17, 15) is 0 Å². The molecule has 0 saturated carbocycles. The lowest BCUT2D eigenvalue weighted by molar-refractivity contribution is -0.0351. The molecule has 2 aromatic heterocycles. The lowest BCUT2D eigenvalue weighted by Gasteiger charge is -2.32. The Labute approximate surface area is 182 Å². The summed E-state index contributed by atoms with van der Waals surface area (Å²) < 4.78 is 16.4. The molecule has 1 fully saturated rings. The molecule has 3 heterocycles. The van der Waals surface area contributed by atoms with Crippen LogP contribution in [0.1, 0.15) is 23.2 Å². The summed E-state index contributed by atoms with van der Waals surface area (Å²) in [5.74, 6) is 1.59. The van der Waals surface area contributed by atoms with E-state index >= 15 is 0 Å². The summed E-state index contributed by atoms with van der Waals surface area (Å²) in [5.41, 5.74) is 3.68. The van der Waals surface area contributed by atoms with Crippen LogP contribution in [0.4, 0.5) is 0 Å². The third kappa shape index (κ3) is 5.61. The first-order valence-corrected chi connectivity index (χ1v) is 10.3. The predicted octanol–water partition coefficient (Wildman–Crippen LogP) is 2.70. The molecule has 4 rings (SSSR count). The molecular weight excluding hydrogens is 394 g/mol. The van der Waals surface area contributed by atoms with Crippen LogP contribution in [0.3, 0.4) is 0 Å². The summed E-state index contributed by atoms with van der Waals surface area (Å²) in [6.45, 7) is 3.63. The number of ether oxygens (including phenoxy) is 3. The molecule has 1 aliphatic heterocycles. The van der Waals surface area contributed by atoms with Crippen LogP contribution in [-0.4, -0.2) is 65.4 Å². The van der Waals surface area contributed by atoms with Crippen molar-refractivity contribution < 1.29 is 14.2 Å². The topological polar surface area (TPSA) is 82.5 Å². The second kappa shape index (κ2) is 10.4. The van der Waals surface area contributed by atoms with Gasteiger partial charge >= 0.3 is 0 Å². The molecule has 3 aromatic rings. The highest BCUT2D eigenvalue weighted by atomic mass is 16.5. The highest BCUT2D eigenvalue weighted by molar-refractivity contribution is 5.60. The van der Waals surface area contributed by atoms with Crippen LogP contribution < -0.4 is 4.74 Å². The Morgan fingerprint density at radius 3 is 2.81 bits per heavy atom. The second-order valence-corrected chi connectivity index (χ2v) is 7.41. The van der Waals surface area contributed by atoms with Crippen molar-refractivity contribution >= 4 is 0 Å². The van der Waals surface area contributed by atoms with Crippen LogP contribution in [0, 0.1) is 0 Å². The number of rotatable bonds is 8. The van der Waals surface area contributed by atoms with Gasteiger partial charge in [0.25, 0.3) is 0 Å². The van der Waals surface area contributed by atoms with Gasteiger partial charge < -0.3 is 14.2 Å². The SMILES string of the molecule is COCCc1ncc(CN2CCO[C@H](c3cncc(-c4cccc(OC)c4)n3)C2)cn1. The molecular formula is C23H27N5O3. The van der Waals surface area contributed by atoms with Crippen LogP contribution in [0.25, 0.3) is 11.3 Å². The van der Waals surface area contributed by atoms with E-state index in [0.717, 1.165) is 60.1 Å². The Kier molecular flexibility index (Phi) is 7.14. The van der Waals surface area contributed by atoms with E-state index in [1.807, 2.05) is 36.7 Å². The molecule has 0 amide bonds. The molecule has 31 heavy (non-hydrogen) atoms. The zero-order valence-corrected chi connectivity index (χ0v) is 17.9. The predicted molar refractivity (Wildman–Crippen MR) is 116 cm³/mol. The summed E-state index contributed by atoms with van der Waals surface area (Å²) in [5, 5.41) is 0. The van der Waals surface area contributed by atoms with Gasteiger partial charge in [-0.1, -0.05) is 12.1 Å². The second-order valence-electron chi connectivity index (χ2n) is 7.41. The van der Waals surface area contributed by atoms with Crippen LogP contribution >= 0.6 is 0 Å². The molecule has 0 spiro atoms. The van der Waals surface area contributed by atoms with Crippen LogP contribution in [0.5, 0.6) is 5.75 Å². The molecule has 8 nitrogen and oxygen atoms in total. The molecule has 1 aromatic carbocycles. The van der Waals surface area contributed by atoms with Gasteiger partial charge in [-0.15, -0.1) is 0 Å². The highest BCUT2D eigenvalue weighted by Crippen LogP contribution is 2.25. The van der Waals surface area contributed by atoms with Gasteiger partial charge in [0, 0.05) is 56.7 Å². The van der Waals surface area contributed by atoms with E-state index < -0.39 is 0 Å². The van der Waals surface area contributed by atoms with E-state index in [1.54, 1.807) is 26.6 Å². The summed E-state index contributed by atoms with van der Waals surface area (Å²) in [4.78, 5) is 20.4. The average molecular weight is 422 g/mol. The molecule has 0 radical (unpaired) electrons. The van der Waals surface area contributed by atoms with Crippen molar-refractivity contribution in [3.63, 3.8) is 0 Å². The van der Waals surface area contributed by atoms with Crippen molar-refractivity contribution in [1.82, 2.24) is 24.8 Å². The zero-order valence-electron chi connectivity index (χ0n) is 17.9. The van der Waals surface area contributed by atoms with Gasteiger partial charge in [-0.25, -0.2) is 15.0 Å². The fourth-order valence-corrected chi connectivity index (χ4v) is 3.53. The van der Waals surface area contributed by atoms with E-state index in [2.05, 4.69) is 19.9 Å². The zero-order chi connectivity index (χ0) is 21.5. The van der Waals surface area contributed by atoms with Gasteiger partial charge in [0.2, 0.25) is 0 Å². The Bertz CT molecular complexity index is 983. The monoisotopic (exact) mass is 421 g/mol. The fraction of sp³-hybridized carbons (Fsp3) is 0.391. The average Bonchev–Trinajstić information content (AvgIpc) is 2.84. The van der Waals surface area contributed by atoms with E-state index in [-0.39, 0.29) is 6.10 Å². The molecule has 0 bridgehead atoms. The van der Waals surface area contributed by atoms with Crippen LogP contribution in [0.2, 0.25) is 0 Å². The summed E-state index contributed by atoms with van der Waals surface area (Å²) in [6, 6.07) is 7.82. The minimum absolute atomic E-state index is 0.131. The molecule has 0 aliphatic carbocycles. The Hall–Kier alpha value is -2.94. The summed E-state index contributed by atoms with van der Waals surface area (Å²) in [6.07, 6.45) is 7.93. The number of benzene rings is 1. The third-order valence-electron chi connectivity index (χ3n) is 5.19. The van der Waals surface area contributed by atoms with Crippen molar-refractivity contribution in [2.45, 2.75) is 19.1 Å². The van der Waals surface area contributed by atoms with Crippen molar-refractivity contribution in [3.05, 3.63) is 66.1 Å². The Morgan fingerprint density at radius 2 is 2.00 bits per heavy atom. The largest absolute Gasteiger partial charge is 0.497 e. The first kappa shape index (κ1) is 21.3. The van der Waals surface area contributed by atoms with Gasteiger partial charge in [0.15, 0.2) is 0 Å². The van der Waals surface area contributed by atoms with Crippen molar-refractivity contribution in [3.8, 4) is 17.0 Å². The van der Waals surface area contributed by atoms with Crippen molar-refractivity contribution in [2.24, 2.45) is 0 Å². The van der Waals surface area contributed by atoms with Crippen molar-refractivity contribution in [2.75, 3.05) is 40.5 Å². The standard InChI is InChI=1S/C23H27N5O3/c1-29-8-6-23-25-11-17(12-26-23)15-28-7-9-31-22(16-28)21-14-24-13-20(27-21)18-4-3-5-19(10-18)30-2/h3-5,10-14,22H,6-9,15-16H2,1-2H3/t22-/m0/s1. The van der Waals surface area contributed by atoms with Crippen molar-refractivity contribution in [1.29, 1.82) is 0 Å². The molecule has 1 atom stereocenters. The number of methoxy groups -OCH3 is 2. The molecule has 1 saturated heterocycles. The van der Waals surface area contributed by atoms with Gasteiger partial charge in [-0.3, -0.25) is 9.88 Å². The smallest absolute Gasteiger partial charge is 0.130 e. The molecule has 162 valence electrons. The maximum absolute atomic E-state index is 6.02. The minimum Gasteiger partial charge on any atom is -0.497 e. The molecule has 0 N–H and O–H groups in total. The fourth-order valence-electron chi connectivity index (χ4n) is 3.53. The molecule has 0 unspecified atom stereocenters. The maximum Gasteiger partial charge on any atom is 0.130 e. The molecule has 8 heteroatoms. The third-order valence-corrected chi connectivity index (χ3v) is 5.19. The lowest BCUT2D eigenvalue weighted by atomic mass is 10.1. The quantitative estimate of drug-likeness (QED) is 0.549. The number of nitrogens with zero attached hydrogens (tertiary/aromatic N) is 5. The summed E-state index contributed by atoms with van der Waals surface area (Å²) in [7, 11) is 3.34. The van der Waals surface area contributed by atoms with E-state index in [1.165, 1.54) is 0 Å². The van der Waals surface area contributed by atoms with Gasteiger partial charge in [-0.05, 0) is 12.1 Å². The van der Waals surface area contributed by atoms with Crippen LogP contribution in [-0.2, 0) is 22.4 Å². The van der Waals surface area contributed by atoms with Crippen LogP contribution in [0.15, 0.2) is 49.1 Å². The number of hydrogen-bond donors (Lipinski definition) is 0. The van der Waals surface area contributed by atoms with Gasteiger partial charge in [-0.2, -0.15) is 0 Å². The first-order chi connectivity index (χ1) is 15.2. The normalized spacial score (nSPS) is 16.9. The highest BCUT2D eigenvalue weighted by Gasteiger charge is 2.24.